The van der Waals surface area contributed by atoms with Crippen molar-refractivity contribution in [3.8, 4) is 0 Å². The van der Waals surface area contributed by atoms with Gasteiger partial charge in [0.2, 0.25) is 11.8 Å². The largest absolute Gasteiger partial charge is 0.460 e. The standard InChI is InChI=1S/C39H63N3O10/c1-28(41-35(48)49-27-29-17-13-11-14-18-29)34(47)40-26-16-12-15-19-30(43)42-39(23-20-31(44)50-36(2,3)4,24-21-32(45)51-37(5,6)7)25-22-33(46)52-38(8,9)10/h11,13-14,17-18,28H,12,15-16,19-27H2,1-10H3,(H,40,47)(H,41,48)(H,42,43)/t28-/m1/s1. The monoisotopic (exact) mass is 733 g/mol. The van der Waals surface area contributed by atoms with Gasteiger partial charge in [-0.1, -0.05) is 36.8 Å². The highest BCUT2D eigenvalue weighted by Crippen LogP contribution is 2.29. The summed E-state index contributed by atoms with van der Waals surface area (Å²) in [6.45, 7) is 17.9. The molecule has 52 heavy (non-hydrogen) atoms. The average molecular weight is 734 g/mol. The number of nitrogens with one attached hydrogen (secondary N) is 3. The van der Waals surface area contributed by atoms with Crippen molar-refractivity contribution in [3.63, 3.8) is 0 Å². The van der Waals surface area contributed by atoms with Gasteiger partial charge in [0.05, 0.1) is 0 Å². The molecule has 0 heterocycles. The molecular weight excluding hydrogens is 670 g/mol. The quantitative estimate of drug-likeness (QED) is 0.0795. The van der Waals surface area contributed by atoms with E-state index in [1.165, 1.54) is 0 Å². The van der Waals surface area contributed by atoms with Crippen LogP contribution in [-0.4, -0.2) is 70.7 Å². The highest BCUT2D eigenvalue weighted by molar-refractivity contribution is 5.85. The molecule has 1 rings (SSSR count). The van der Waals surface area contributed by atoms with Crippen LogP contribution in [0, 0.1) is 0 Å². The molecule has 0 aliphatic heterocycles. The van der Waals surface area contributed by atoms with Crippen LogP contribution in [-0.2, 0) is 49.5 Å². The summed E-state index contributed by atoms with van der Waals surface area (Å²) >= 11 is 0. The van der Waals surface area contributed by atoms with E-state index < -0.39 is 52.4 Å². The number of rotatable bonds is 20. The Labute approximate surface area is 310 Å². The van der Waals surface area contributed by atoms with E-state index in [0.717, 1.165) is 5.56 Å². The van der Waals surface area contributed by atoms with Crippen LogP contribution >= 0.6 is 0 Å². The van der Waals surface area contributed by atoms with Crippen molar-refractivity contribution in [2.45, 2.75) is 168 Å². The number of carbonyl (C=O) groups excluding carboxylic acids is 6. The SMILES string of the molecule is C[C@@H](NC(=O)OCc1ccccc1)C(=O)NCCCCCC(=O)NC(CCC(=O)OC(C)(C)C)(CCC(=O)OC(C)(C)C)CCC(=O)OC(C)(C)C. The van der Waals surface area contributed by atoms with Crippen molar-refractivity contribution in [2.75, 3.05) is 6.54 Å². The molecule has 0 unspecified atom stereocenters. The third-order valence-corrected chi connectivity index (χ3v) is 7.41. The van der Waals surface area contributed by atoms with Gasteiger partial charge < -0.3 is 34.9 Å². The van der Waals surface area contributed by atoms with Crippen LogP contribution in [0.25, 0.3) is 0 Å². The molecule has 3 N–H and O–H groups in total. The van der Waals surface area contributed by atoms with Gasteiger partial charge in [-0.05, 0) is 107 Å². The minimum atomic E-state index is -1.10. The lowest BCUT2D eigenvalue weighted by atomic mass is 9.83. The lowest BCUT2D eigenvalue weighted by Gasteiger charge is -2.36. The fraction of sp³-hybridized carbons (Fsp3) is 0.692. The average Bonchev–Trinajstić information content (AvgIpc) is 3.00. The second-order valence-electron chi connectivity index (χ2n) is 16.1. The summed E-state index contributed by atoms with van der Waals surface area (Å²) in [5, 5.41) is 8.35. The van der Waals surface area contributed by atoms with Crippen LogP contribution in [0.5, 0.6) is 0 Å². The van der Waals surface area contributed by atoms with Crippen molar-refractivity contribution < 1.29 is 47.7 Å². The summed E-state index contributed by atoms with van der Waals surface area (Å²) in [6.07, 6.45) is 1.44. The molecule has 13 nitrogen and oxygen atoms in total. The Kier molecular flexibility index (Phi) is 18.9. The number of alkyl carbamates (subject to hydrolysis) is 1. The van der Waals surface area contributed by atoms with Gasteiger partial charge in [-0.3, -0.25) is 24.0 Å². The number of hydrogen-bond acceptors (Lipinski definition) is 10. The van der Waals surface area contributed by atoms with Crippen molar-refractivity contribution in [1.82, 2.24) is 16.0 Å². The normalized spacial score (nSPS) is 12.6. The summed E-state index contributed by atoms with van der Waals surface area (Å²) < 4.78 is 21.7. The Morgan fingerprint density at radius 1 is 0.635 bits per heavy atom. The molecule has 0 saturated carbocycles. The lowest BCUT2D eigenvalue weighted by Crippen LogP contribution is -2.50. The number of hydrogen-bond donors (Lipinski definition) is 3. The first-order valence-corrected chi connectivity index (χ1v) is 18.2. The zero-order chi connectivity index (χ0) is 39.6. The Morgan fingerprint density at radius 2 is 1.10 bits per heavy atom. The van der Waals surface area contributed by atoms with E-state index in [1.807, 2.05) is 30.3 Å². The first-order chi connectivity index (χ1) is 24.0. The second-order valence-corrected chi connectivity index (χ2v) is 16.1. The summed E-state index contributed by atoms with van der Waals surface area (Å²) in [6, 6.07) is 8.40. The maximum atomic E-state index is 13.4. The van der Waals surface area contributed by atoms with Crippen molar-refractivity contribution >= 4 is 35.8 Å². The number of unbranched alkanes of at least 4 members (excludes halogenated alkanes) is 2. The van der Waals surface area contributed by atoms with Crippen molar-refractivity contribution in [2.24, 2.45) is 0 Å². The zero-order valence-corrected chi connectivity index (χ0v) is 33.0. The smallest absolute Gasteiger partial charge is 0.408 e. The lowest BCUT2D eigenvalue weighted by molar-refractivity contribution is -0.155. The molecule has 13 heteroatoms. The second kappa shape index (κ2) is 21.4. The molecule has 294 valence electrons. The molecular formula is C39H63N3O10. The molecule has 0 saturated heterocycles. The van der Waals surface area contributed by atoms with Gasteiger partial charge in [-0.15, -0.1) is 0 Å². The van der Waals surface area contributed by atoms with E-state index in [0.29, 0.717) is 25.8 Å². The molecule has 0 radical (unpaired) electrons. The highest BCUT2D eigenvalue weighted by Gasteiger charge is 2.35. The van der Waals surface area contributed by atoms with Crippen LogP contribution in [0.2, 0.25) is 0 Å². The van der Waals surface area contributed by atoms with Gasteiger partial charge in [0.25, 0.3) is 0 Å². The fourth-order valence-electron chi connectivity index (χ4n) is 5.08. The number of ether oxygens (including phenoxy) is 4. The summed E-state index contributed by atoms with van der Waals surface area (Å²) in [5.41, 5.74) is -2.40. The Morgan fingerprint density at radius 3 is 1.54 bits per heavy atom. The molecule has 1 atom stereocenters. The Bertz CT molecular complexity index is 1230. The van der Waals surface area contributed by atoms with Crippen molar-refractivity contribution in [1.29, 1.82) is 0 Å². The predicted octanol–water partition coefficient (Wildman–Crippen LogP) is 6.20. The molecule has 3 amide bonds. The molecule has 0 aliphatic carbocycles. The first kappa shape index (κ1) is 45.9. The highest BCUT2D eigenvalue weighted by atomic mass is 16.6. The predicted molar refractivity (Wildman–Crippen MR) is 197 cm³/mol. The van der Waals surface area contributed by atoms with Gasteiger partial charge in [0, 0.05) is 37.8 Å². The summed E-state index contributed by atoms with van der Waals surface area (Å²) in [5.74, 6) is -2.04. The van der Waals surface area contributed by atoms with Crippen molar-refractivity contribution in [3.05, 3.63) is 35.9 Å². The molecule has 0 aromatic heterocycles. The maximum absolute atomic E-state index is 13.4. The third kappa shape index (κ3) is 22.6. The number of amides is 3. The van der Waals surface area contributed by atoms with Crippen LogP contribution < -0.4 is 16.0 Å². The van der Waals surface area contributed by atoms with Gasteiger partial charge >= 0.3 is 24.0 Å². The van der Waals surface area contributed by atoms with Crippen LogP contribution in [0.4, 0.5) is 4.79 Å². The maximum Gasteiger partial charge on any atom is 0.408 e. The molecule has 0 bridgehead atoms. The Balaban J connectivity index is 2.81. The molecule has 1 aromatic rings. The van der Waals surface area contributed by atoms with E-state index >= 15 is 0 Å². The van der Waals surface area contributed by atoms with Gasteiger partial charge in [0.15, 0.2) is 0 Å². The summed E-state index contributed by atoms with van der Waals surface area (Å²) in [4.78, 5) is 76.2. The van der Waals surface area contributed by atoms with E-state index in [9.17, 15) is 28.8 Å². The van der Waals surface area contributed by atoms with Gasteiger partial charge in [-0.2, -0.15) is 0 Å². The number of benzene rings is 1. The zero-order valence-electron chi connectivity index (χ0n) is 33.0. The number of carbonyl (C=O) groups is 6. The topological polar surface area (TPSA) is 175 Å². The first-order valence-electron chi connectivity index (χ1n) is 18.2. The molecule has 1 aromatic carbocycles. The van der Waals surface area contributed by atoms with Crippen LogP contribution in [0.1, 0.15) is 139 Å². The molecule has 0 fully saturated rings. The van der Waals surface area contributed by atoms with Gasteiger partial charge in [0.1, 0.15) is 29.5 Å². The number of esters is 3. The van der Waals surface area contributed by atoms with E-state index in [2.05, 4.69) is 16.0 Å². The molecule has 0 aliphatic rings. The van der Waals surface area contributed by atoms with E-state index in [-0.39, 0.29) is 63.4 Å². The van der Waals surface area contributed by atoms with Crippen LogP contribution in [0.15, 0.2) is 30.3 Å². The third-order valence-electron chi connectivity index (χ3n) is 7.41. The van der Waals surface area contributed by atoms with E-state index in [1.54, 1.807) is 69.2 Å². The fourth-order valence-corrected chi connectivity index (χ4v) is 5.08. The van der Waals surface area contributed by atoms with E-state index in [4.69, 9.17) is 18.9 Å². The Hall–Kier alpha value is -4.16. The minimum Gasteiger partial charge on any atom is -0.460 e. The molecule has 0 spiro atoms. The van der Waals surface area contributed by atoms with Crippen LogP contribution in [0.3, 0.4) is 0 Å². The van der Waals surface area contributed by atoms with Gasteiger partial charge in [-0.25, -0.2) is 4.79 Å². The minimum absolute atomic E-state index is 0.0437. The summed E-state index contributed by atoms with van der Waals surface area (Å²) in [7, 11) is 0.